The third-order valence-electron chi connectivity index (χ3n) is 6.13. The molecule has 207 valence electrons. The molecular formula is C25H24ClCuFN8O3. The summed E-state index contributed by atoms with van der Waals surface area (Å²) >= 11 is 6.26. The fourth-order valence-electron chi connectivity index (χ4n) is 4.24. The van der Waals surface area contributed by atoms with Crippen LogP contribution in [0.2, 0.25) is 5.02 Å². The Morgan fingerprint density at radius 2 is 2.00 bits per heavy atom. The molecule has 39 heavy (non-hydrogen) atoms. The van der Waals surface area contributed by atoms with Crippen molar-refractivity contribution in [1.29, 1.82) is 0 Å². The van der Waals surface area contributed by atoms with E-state index in [1.165, 1.54) is 29.4 Å². The molecule has 1 radical (unpaired) electrons. The van der Waals surface area contributed by atoms with Crippen molar-refractivity contribution in [2.24, 2.45) is 0 Å². The van der Waals surface area contributed by atoms with Gasteiger partial charge in [-0.15, -0.1) is 0 Å². The predicted octanol–water partition coefficient (Wildman–Crippen LogP) is 3.46. The van der Waals surface area contributed by atoms with Gasteiger partial charge in [-0.1, -0.05) is 11.6 Å². The number of carbonyl (C=O) groups excluding carboxylic acids is 2. The molecule has 0 aromatic carbocycles. The van der Waals surface area contributed by atoms with Gasteiger partial charge in [0.25, 0.3) is 0 Å². The first-order valence-electron chi connectivity index (χ1n) is 11.9. The first-order chi connectivity index (χ1) is 18.4. The van der Waals surface area contributed by atoms with E-state index in [4.69, 9.17) is 22.1 Å². The van der Waals surface area contributed by atoms with Gasteiger partial charge in [-0.3, -0.25) is 19.6 Å². The number of pyridine rings is 3. The summed E-state index contributed by atoms with van der Waals surface area (Å²) < 4.78 is 20.9. The normalized spacial score (nSPS) is 15.0. The first-order valence-corrected chi connectivity index (χ1v) is 12.3. The van der Waals surface area contributed by atoms with Crippen LogP contribution in [0.4, 0.5) is 15.9 Å². The van der Waals surface area contributed by atoms with Crippen LogP contribution in [0.25, 0.3) is 10.9 Å². The van der Waals surface area contributed by atoms with Gasteiger partial charge in [-0.05, 0) is 43.5 Å². The molecule has 1 atom stereocenters. The summed E-state index contributed by atoms with van der Waals surface area (Å²) in [4.78, 5) is 40.3. The molecule has 11 nitrogen and oxygen atoms in total. The Morgan fingerprint density at radius 3 is 2.72 bits per heavy atom. The molecular weight excluding hydrogens is 578 g/mol. The van der Waals surface area contributed by atoms with Crippen LogP contribution in [0, 0.1) is 5.82 Å². The zero-order valence-corrected chi connectivity index (χ0v) is 22.2. The van der Waals surface area contributed by atoms with E-state index in [1.54, 1.807) is 23.0 Å². The fourth-order valence-corrected chi connectivity index (χ4v) is 4.42. The quantitative estimate of drug-likeness (QED) is 0.253. The number of nitrogens with two attached hydrogens (primary N) is 1. The van der Waals surface area contributed by atoms with Gasteiger partial charge >= 0.3 is 11.8 Å². The second kappa shape index (κ2) is 12.5. The molecule has 1 fully saturated rings. The molecule has 0 spiro atoms. The number of nitrogen functional groups attached to an aromatic ring is 1. The van der Waals surface area contributed by atoms with Crippen molar-refractivity contribution in [2.45, 2.75) is 38.6 Å². The van der Waals surface area contributed by atoms with Crippen LogP contribution in [-0.2, 0) is 44.5 Å². The van der Waals surface area contributed by atoms with Crippen LogP contribution in [0.15, 0.2) is 49.1 Å². The average Bonchev–Trinajstić information content (AvgIpc) is 3.39. The van der Waals surface area contributed by atoms with Crippen LogP contribution in [0.1, 0.15) is 36.9 Å². The molecule has 4 aromatic rings. The van der Waals surface area contributed by atoms with E-state index >= 15 is 0 Å². The Labute approximate surface area is 238 Å². The molecule has 1 aliphatic heterocycles. The van der Waals surface area contributed by atoms with Crippen molar-refractivity contribution < 1.29 is 35.8 Å². The molecule has 4 aromatic heterocycles. The number of aromatic nitrogens is 5. The van der Waals surface area contributed by atoms with Gasteiger partial charge in [0, 0.05) is 29.9 Å². The molecule has 1 aliphatic rings. The van der Waals surface area contributed by atoms with Crippen molar-refractivity contribution in [3.8, 4) is 0 Å². The third-order valence-corrected chi connectivity index (χ3v) is 6.48. The standard InChI is InChI=1S/C25H24ClFN8O3.Cu/c26-18-4-3-8-29-20(18)14-34(13-16-7-6-15(27)10-30-16)25(37)24(36)33-19-12-31-23(28)17-11-32-35(22(17)19)21-5-1-2-9-38-21;/h3-4,6-8,10-12,21H,1-2,5,9,13-14H2,(H2,28,31)(H,33,36);. The molecule has 0 saturated carbocycles. The topological polar surface area (TPSA) is 141 Å². The van der Waals surface area contributed by atoms with Gasteiger partial charge < -0.3 is 20.7 Å². The minimum Gasteiger partial charge on any atom is -0.383 e. The van der Waals surface area contributed by atoms with Crippen molar-refractivity contribution in [3.05, 3.63) is 71.3 Å². The van der Waals surface area contributed by atoms with E-state index < -0.39 is 17.6 Å². The fraction of sp³-hybridized carbons (Fsp3) is 0.280. The summed E-state index contributed by atoms with van der Waals surface area (Å²) in [5, 5.41) is 7.93. The molecule has 3 N–H and O–H groups in total. The minimum absolute atomic E-state index is 0. The van der Waals surface area contributed by atoms with Crippen LogP contribution in [0.3, 0.4) is 0 Å². The van der Waals surface area contributed by atoms with Gasteiger partial charge in [0.2, 0.25) is 0 Å². The Morgan fingerprint density at radius 1 is 1.15 bits per heavy atom. The second-order valence-electron chi connectivity index (χ2n) is 8.74. The summed E-state index contributed by atoms with van der Waals surface area (Å²) in [5.74, 6) is -2.08. The zero-order chi connectivity index (χ0) is 26.6. The number of nitrogens with one attached hydrogen (secondary N) is 1. The third kappa shape index (κ3) is 6.34. The van der Waals surface area contributed by atoms with Crippen molar-refractivity contribution in [3.63, 3.8) is 0 Å². The number of hydrogen-bond donors (Lipinski definition) is 2. The second-order valence-corrected chi connectivity index (χ2v) is 9.15. The largest absolute Gasteiger partial charge is 0.383 e. The van der Waals surface area contributed by atoms with E-state index in [0.717, 1.165) is 25.5 Å². The smallest absolute Gasteiger partial charge is 0.314 e. The maximum Gasteiger partial charge on any atom is 0.314 e. The molecule has 14 heteroatoms. The molecule has 5 heterocycles. The Kier molecular flexibility index (Phi) is 9.08. The van der Waals surface area contributed by atoms with E-state index in [0.29, 0.717) is 33.9 Å². The number of halogens is 2. The van der Waals surface area contributed by atoms with Crippen molar-refractivity contribution in [2.75, 3.05) is 17.7 Å². The van der Waals surface area contributed by atoms with E-state index in [9.17, 15) is 14.0 Å². The van der Waals surface area contributed by atoms with Gasteiger partial charge in [0.15, 0.2) is 6.23 Å². The van der Waals surface area contributed by atoms with Crippen LogP contribution >= 0.6 is 11.6 Å². The number of amides is 2. The van der Waals surface area contributed by atoms with Gasteiger partial charge in [-0.2, -0.15) is 5.10 Å². The number of rotatable bonds is 6. The molecule has 1 unspecified atom stereocenters. The van der Waals surface area contributed by atoms with Gasteiger partial charge in [0.1, 0.15) is 17.2 Å². The Hall–Kier alpha value is -3.64. The Bertz CT molecular complexity index is 1480. The SMILES string of the molecule is Nc1ncc(NC(=O)C(=O)N(Cc2ccc(F)cn2)Cc2ncccc2Cl)c2c1cnn2C1CCCCO1.[Cu]. The maximum absolute atomic E-state index is 13.4. The molecule has 0 bridgehead atoms. The first kappa shape index (κ1) is 28.4. The molecule has 0 aliphatic carbocycles. The zero-order valence-electron chi connectivity index (χ0n) is 20.5. The summed E-state index contributed by atoms with van der Waals surface area (Å²) in [6, 6.07) is 5.95. The number of carbonyl (C=O) groups is 2. The summed E-state index contributed by atoms with van der Waals surface area (Å²) in [6.45, 7) is 0.437. The Balaban J connectivity index is 0.00000353. The number of ether oxygens (including phenoxy) is 1. The van der Waals surface area contributed by atoms with E-state index in [2.05, 4.69) is 25.4 Å². The van der Waals surface area contributed by atoms with E-state index in [1.807, 2.05) is 0 Å². The number of hydrogen-bond acceptors (Lipinski definition) is 8. The predicted molar refractivity (Wildman–Crippen MR) is 137 cm³/mol. The van der Waals surface area contributed by atoms with Crippen molar-refractivity contribution >= 4 is 45.8 Å². The summed E-state index contributed by atoms with van der Waals surface area (Å²) in [7, 11) is 0. The van der Waals surface area contributed by atoms with Crippen LogP contribution < -0.4 is 11.1 Å². The number of anilines is 2. The van der Waals surface area contributed by atoms with Gasteiger partial charge in [0.05, 0.1) is 59.2 Å². The molecule has 2 amide bonds. The monoisotopic (exact) mass is 601 g/mol. The summed E-state index contributed by atoms with van der Waals surface area (Å²) in [5.41, 5.74) is 7.59. The van der Waals surface area contributed by atoms with Crippen LogP contribution in [0.5, 0.6) is 0 Å². The van der Waals surface area contributed by atoms with Crippen LogP contribution in [-0.4, -0.2) is 48.1 Å². The average molecular weight is 603 g/mol. The number of nitrogens with zero attached hydrogens (tertiary/aromatic N) is 6. The minimum atomic E-state index is -0.927. The summed E-state index contributed by atoms with van der Waals surface area (Å²) in [6.07, 6.45) is 7.85. The van der Waals surface area contributed by atoms with Gasteiger partial charge in [-0.25, -0.2) is 14.1 Å². The number of fused-ring (bicyclic) bond motifs is 1. The maximum atomic E-state index is 13.4. The van der Waals surface area contributed by atoms with E-state index in [-0.39, 0.29) is 47.9 Å². The van der Waals surface area contributed by atoms with Crippen molar-refractivity contribution in [1.82, 2.24) is 29.6 Å². The molecule has 1 saturated heterocycles. The molecule has 5 rings (SSSR count).